The second-order valence-corrected chi connectivity index (χ2v) is 5.48. The molecule has 0 N–H and O–H groups in total. The number of aryl methyl sites for hydroxylation is 1. The number of alkyl halides is 3. The van der Waals surface area contributed by atoms with Crippen molar-refractivity contribution in [2.75, 3.05) is 0 Å². The van der Waals surface area contributed by atoms with Crippen molar-refractivity contribution in [3.05, 3.63) is 58.9 Å². The van der Waals surface area contributed by atoms with Crippen molar-refractivity contribution in [1.29, 1.82) is 0 Å². The molecule has 0 aliphatic carbocycles. The molecule has 4 heterocycles. The molecule has 9 heteroatoms. The third-order valence-electron chi connectivity index (χ3n) is 3.81. The molecule has 0 aromatic carbocycles. The van der Waals surface area contributed by atoms with E-state index < -0.39 is 17.4 Å². The fourth-order valence-electron chi connectivity index (χ4n) is 2.76. The highest BCUT2D eigenvalue weighted by molar-refractivity contribution is 6.03. The summed E-state index contributed by atoms with van der Waals surface area (Å²) in [6.07, 6.45) is -0.141. The van der Waals surface area contributed by atoms with E-state index in [1.165, 1.54) is 23.1 Å². The molecule has 4 rings (SSSR count). The van der Waals surface area contributed by atoms with Gasteiger partial charge >= 0.3 is 6.18 Å². The number of halogens is 3. The second-order valence-electron chi connectivity index (χ2n) is 5.48. The highest BCUT2D eigenvalue weighted by Crippen LogP contribution is 2.31. The number of hydrogen-bond donors (Lipinski definition) is 0. The minimum absolute atomic E-state index is 0.0895. The predicted octanol–water partition coefficient (Wildman–Crippen LogP) is 2.69. The zero-order chi connectivity index (χ0) is 17.8. The van der Waals surface area contributed by atoms with Crippen molar-refractivity contribution in [3.8, 4) is 5.69 Å². The Morgan fingerprint density at radius 3 is 2.60 bits per heavy atom. The maximum absolute atomic E-state index is 13.1. The summed E-state index contributed by atoms with van der Waals surface area (Å²) in [5.74, 6) is 0. The molecule has 0 saturated carbocycles. The predicted molar refractivity (Wildman–Crippen MR) is 84.4 cm³/mol. The van der Waals surface area contributed by atoms with Gasteiger partial charge in [-0.3, -0.25) is 19.0 Å². The van der Waals surface area contributed by atoms with Gasteiger partial charge < -0.3 is 0 Å². The monoisotopic (exact) mass is 345 g/mol. The molecular formula is C16H10F3N5O. The summed E-state index contributed by atoms with van der Waals surface area (Å²) in [6.45, 7) is 0. The molecule has 0 bridgehead atoms. The van der Waals surface area contributed by atoms with Gasteiger partial charge in [0, 0.05) is 30.2 Å². The van der Waals surface area contributed by atoms with Gasteiger partial charge in [-0.2, -0.15) is 18.3 Å². The van der Waals surface area contributed by atoms with Crippen LogP contribution in [-0.2, 0) is 13.2 Å². The van der Waals surface area contributed by atoms with E-state index in [-0.39, 0.29) is 11.2 Å². The standard InChI is InChI=1S/C16H10F3N5O/c1-23-8-11-10-4-5-12(16(17,18)19)21-14(10)24(15(25)13(11)22-23)9-3-2-6-20-7-9/h2-8H,1H3. The third-order valence-corrected chi connectivity index (χ3v) is 3.81. The van der Waals surface area contributed by atoms with E-state index in [0.717, 1.165) is 10.6 Å². The number of hydrogen-bond acceptors (Lipinski definition) is 4. The molecule has 0 radical (unpaired) electrons. The Hall–Kier alpha value is -3.23. The first-order chi connectivity index (χ1) is 11.9. The van der Waals surface area contributed by atoms with E-state index in [4.69, 9.17) is 0 Å². The van der Waals surface area contributed by atoms with Gasteiger partial charge in [0.15, 0.2) is 5.52 Å². The topological polar surface area (TPSA) is 65.6 Å². The van der Waals surface area contributed by atoms with E-state index in [0.29, 0.717) is 16.5 Å². The van der Waals surface area contributed by atoms with Crippen molar-refractivity contribution in [2.24, 2.45) is 7.05 Å². The molecular weight excluding hydrogens is 335 g/mol. The van der Waals surface area contributed by atoms with Crippen molar-refractivity contribution in [2.45, 2.75) is 6.18 Å². The highest BCUT2D eigenvalue weighted by atomic mass is 19.4. The van der Waals surface area contributed by atoms with Crippen LogP contribution in [0.3, 0.4) is 0 Å². The van der Waals surface area contributed by atoms with Gasteiger partial charge in [0.05, 0.1) is 11.9 Å². The molecule has 25 heavy (non-hydrogen) atoms. The van der Waals surface area contributed by atoms with Crippen molar-refractivity contribution < 1.29 is 13.2 Å². The lowest BCUT2D eigenvalue weighted by atomic mass is 10.1. The van der Waals surface area contributed by atoms with Crippen LogP contribution in [0.15, 0.2) is 47.7 Å². The smallest absolute Gasteiger partial charge is 0.274 e. The van der Waals surface area contributed by atoms with Crippen LogP contribution < -0.4 is 5.56 Å². The van der Waals surface area contributed by atoms with Crippen molar-refractivity contribution >= 4 is 21.9 Å². The van der Waals surface area contributed by atoms with Crippen LogP contribution in [0.4, 0.5) is 13.2 Å². The van der Waals surface area contributed by atoms with Gasteiger partial charge in [-0.05, 0) is 24.3 Å². The van der Waals surface area contributed by atoms with Crippen LogP contribution in [0.2, 0.25) is 0 Å². The summed E-state index contributed by atoms with van der Waals surface area (Å²) in [7, 11) is 1.64. The molecule has 0 aliphatic heterocycles. The maximum atomic E-state index is 13.1. The molecule has 0 fully saturated rings. The molecule has 0 unspecified atom stereocenters. The first kappa shape index (κ1) is 15.3. The normalized spacial score (nSPS) is 12.2. The molecule has 126 valence electrons. The summed E-state index contributed by atoms with van der Waals surface area (Å²) in [6, 6.07) is 5.36. The first-order valence-electron chi connectivity index (χ1n) is 7.23. The summed E-state index contributed by atoms with van der Waals surface area (Å²) >= 11 is 0. The largest absolute Gasteiger partial charge is 0.433 e. The molecule has 0 spiro atoms. The molecule has 6 nitrogen and oxygen atoms in total. The summed E-state index contributed by atoms with van der Waals surface area (Å²) in [5.41, 5.74) is -1.24. The SMILES string of the molecule is Cn1cc2c(n1)c(=O)n(-c1cccnc1)c1nc(C(F)(F)F)ccc21. The van der Waals surface area contributed by atoms with Crippen LogP contribution in [0, 0.1) is 0 Å². The van der Waals surface area contributed by atoms with Crippen molar-refractivity contribution in [1.82, 2.24) is 24.3 Å². The minimum atomic E-state index is -4.62. The van der Waals surface area contributed by atoms with Crippen LogP contribution in [0.1, 0.15) is 5.69 Å². The van der Waals surface area contributed by atoms with Crippen LogP contribution >= 0.6 is 0 Å². The first-order valence-corrected chi connectivity index (χ1v) is 7.23. The van der Waals surface area contributed by atoms with Gasteiger partial charge in [-0.25, -0.2) is 4.98 Å². The van der Waals surface area contributed by atoms with E-state index in [1.807, 2.05) is 0 Å². The lowest BCUT2D eigenvalue weighted by Gasteiger charge is -2.12. The fourth-order valence-corrected chi connectivity index (χ4v) is 2.76. The second kappa shape index (κ2) is 5.13. The number of nitrogens with zero attached hydrogens (tertiary/aromatic N) is 5. The average molecular weight is 345 g/mol. The van der Waals surface area contributed by atoms with Crippen LogP contribution in [0.5, 0.6) is 0 Å². The third kappa shape index (κ3) is 2.35. The van der Waals surface area contributed by atoms with Gasteiger partial charge in [0.1, 0.15) is 11.3 Å². The summed E-state index contributed by atoms with van der Waals surface area (Å²) in [5, 5.41) is 4.98. The van der Waals surface area contributed by atoms with Gasteiger partial charge in [0.2, 0.25) is 0 Å². The number of fused-ring (bicyclic) bond motifs is 3. The van der Waals surface area contributed by atoms with E-state index in [9.17, 15) is 18.0 Å². The van der Waals surface area contributed by atoms with Crippen LogP contribution in [0.25, 0.3) is 27.6 Å². The molecule has 0 amide bonds. The van der Waals surface area contributed by atoms with Crippen molar-refractivity contribution in [3.63, 3.8) is 0 Å². The van der Waals surface area contributed by atoms with Gasteiger partial charge in [-0.15, -0.1) is 0 Å². The van der Waals surface area contributed by atoms with E-state index in [1.54, 1.807) is 25.4 Å². The maximum Gasteiger partial charge on any atom is 0.433 e. The zero-order valence-corrected chi connectivity index (χ0v) is 12.8. The molecule has 0 aliphatic rings. The average Bonchev–Trinajstić information content (AvgIpc) is 2.97. The molecule has 0 saturated heterocycles. The molecule has 4 aromatic heterocycles. The lowest BCUT2D eigenvalue weighted by molar-refractivity contribution is -0.141. The Morgan fingerprint density at radius 2 is 1.92 bits per heavy atom. The van der Waals surface area contributed by atoms with Gasteiger partial charge in [-0.1, -0.05) is 0 Å². The van der Waals surface area contributed by atoms with Crippen LogP contribution in [-0.4, -0.2) is 24.3 Å². The Morgan fingerprint density at radius 1 is 1.12 bits per heavy atom. The molecule has 4 aromatic rings. The summed E-state index contributed by atoms with van der Waals surface area (Å²) in [4.78, 5) is 20.5. The highest BCUT2D eigenvalue weighted by Gasteiger charge is 2.33. The number of pyridine rings is 3. The minimum Gasteiger partial charge on any atom is -0.274 e. The Labute approximate surface area is 138 Å². The number of aromatic nitrogens is 5. The summed E-state index contributed by atoms with van der Waals surface area (Å²) < 4.78 is 41.8. The van der Waals surface area contributed by atoms with Gasteiger partial charge in [0.25, 0.3) is 5.56 Å². The van der Waals surface area contributed by atoms with E-state index in [2.05, 4.69) is 15.1 Å². The number of rotatable bonds is 1. The quantitative estimate of drug-likeness (QED) is 0.532. The Kier molecular flexibility index (Phi) is 3.14. The fraction of sp³-hybridized carbons (Fsp3) is 0.125. The molecule has 0 atom stereocenters. The Bertz CT molecular complexity index is 1160. The Balaban J connectivity index is 2.22. The zero-order valence-electron chi connectivity index (χ0n) is 12.8. The van der Waals surface area contributed by atoms with E-state index >= 15 is 0 Å². The lowest BCUT2D eigenvalue weighted by Crippen LogP contribution is -2.21.